The van der Waals surface area contributed by atoms with Gasteiger partial charge in [-0.25, -0.2) is 4.68 Å². The zero-order chi connectivity index (χ0) is 17.2. The van der Waals surface area contributed by atoms with E-state index in [9.17, 15) is 4.79 Å². The maximum Gasteiger partial charge on any atom is 0.193 e. The molecule has 0 radical (unpaired) electrons. The molecule has 0 bridgehead atoms. The van der Waals surface area contributed by atoms with Crippen LogP contribution in [0.1, 0.15) is 11.3 Å². The number of nitrogens with two attached hydrogens (primary N) is 1. The van der Waals surface area contributed by atoms with Gasteiger partial charge in [0.15, 0.2) is 5.43 Å². The second kappa shape index (κ2) is 7.51. The molecule has 2 aromatic heterocycles. The van der Waals surface area contributed by atoms with Gasteiger partial charge in [0, 0.05) is 11.6 Å². The summed E-state index contributed by atoms with van der Waals surface area (Å²) in [5.41, 5.74) is 8.63. The van der Waals surface area contributed by atoms with Gasteiger partial charge in [0.2, 0.25) is 0 Å². The zero-order valence-electron chi connectivity index (χ0n) is 13.8. The monoisotopic (exact) mass is 368 g/mol. The highest BCUT2D eigenvalue weighted by atomic mass is 35.5. The normalized spacial score (nSPS) is 10.7. The first-order valence-electron chi connectivity index (χ1n) is 7.94. The van der Waals surface area contributed by atoms with Crippen molar-refractivity contribution in [3.8, 4) is 11.3 Å². The van der Waals surface area contributed by atoms with E-state index in [2.05, 4.69) is 10.3 Å². The van der Waals surface area contributed by atoms with Gasteiger partial charge in [0.05, 0.1) is 24.7 Å². The van der Waals surface area contributed by atoms with Crippen molar-refractivity contribution in [1.29, 1.82) is 0 Å². The summed E-state index contributed by atoms with van der Waals surface area (Å²) in [4.78, 5) is 12.2. The molecule has 2 aromatic carbocycles. The van der Waals surface area contributed by atoms with Gasteiger partial charge in [0.1, 0.15) is 17.0 Å². The molecular formula is C19H17ClN4O2. The van der Waals surface area contributed by atoms with Crippen LogP contribution in [-0.2, 0) is 13.1 Å². The molecule has 26 heavy (non-hydrogen) atoms. The average Bonchev–Trinajstić information content (AvgIpc) is 3.10. The van der Waals surface area contributed by atoms with E-state index in [4.69, 9.17) is 10.2 Å². The molecule has 0 aliphatic rings. The van der Waals surface area contributed by atoms with Crippen LogP contribution in [-0.4, -0.2) is 15.0 Å². The van der Waals surface area contributed by atoms with Gasteiger partial charge in [-0.15, -0.1) is 17.5 Å². The predicted molar refractivity (Wildman–Crippen MR) is 102 cm³/mol. The minimum absolute atomic E-state index is 0. The van der Waals surface area contributed by atoms with E-state index in [0.29, 0.717) is 29.0 Å². The van der Waals surface area contributed by atoms with E-state index in [0.717, 1.165) is 11.1 Å². The number of benzene rings is 2. The molecule has 0 aliphatic heterocycles. The molecule has 0 spiro atoms. The molecule has 0 unspecified atom stereocenters. The number of hydrogen-bond donors (Lipinski definition) is 1. The molecule has 0 amide bonds. The van der Waals surface area contributed by atoms with Crippen molar-refractivity contribution in [2.45, 2.75) is 13.1 Å². The summed E-state index contributed by atoms with van der Waals surface area (Å²) in [6.45, 7) is 0.837. The van der Waals surface area contributed by atoms with Crippen LogP contribution in [0.4, 0.5) is 0 Å². The molecule has 0 atom stereocenters. The van der Waals surface area contributed by atoms with Crippen molar-refractivity contribution in [3.05, 3.63) is 82.3 Å². The maximum absolute atomic E-state index is 12.2. The van der Waals surface area contributed by atoms with E-state index in [1.54, 1.807) is 16.8 Å². The standard InChI is InChI=1S/C19H16N4O2.ClH/c20-10-15-9-18(24)16-8-14(6-7-19(16)25-15)17-12-23(22-21-17)11-13-4-2-1-3-5-13;/h1-9,12H,10-11,20H2;1H. The van der Waals surface area contributed by atoms with Crippen LogP contribution in [0.15, 0.2) is 70.0 Å². The fraction of sp³-hybridized carbons (Fsp3) is 0.105. The van der Waals surface area contributed by atoms with E-state index < -0.39 is 0 Å². The minimum Gasteiger partial charge on any atom is -0.459 e. The third-order valence-electron chi connectivity index (χ3n) is 4.00. The third-order valence-corrected chi connectivity index (χ3v) is 4.00. The number of hydrogen-bond acceptors (Lipinski definition) is 5. The highest BCUT2D eigenvalue weighted by Crippen LogP contribution is 2.22. The Balaban J connectivity index is 0.00000196. The summed E-state index contributed by atoms with van der Waals surface area (Å²) in [5, 5.41) is 8.89. The molecule has 4 rings (SSSR count). The number of aromatic nitrogens is 3. The van der Waals surface area contributed by atoms with Gasteiger partial charge in [-0.1, -0.05) is 35.5 Å². The van der Waals surface area contributed by atoms with Crippen LogP contribution >= 0.6 is 12.4 Å². The lowest BCUT2D eigenvalue weighted by atomic mass is 10.1. The van der Waals surface area contributed by atoms with Crippen LogP contribution in [0.5, 0.6) is 0 Å². The summed E-state index contributed by atoms with van der Waals surface area (Å²) < 4.78 is 7.37. The van der Waals surface area contributed by atoms with Crippen molar-refractivity contribution in [2.75, 3.05) is 0 Å². The Morgan fingerprint density at radius 1 is 1.08 bits per heavy atom. The SMILES string of the molecule is Cl.NCc1cc(=O)c2cc(-c3cn(Cc4ccccc4)nn3)ccc2o1. The highest BCUT2D eigenvalue weighted by Gasteiger charge is 2.09. The smallest absolute Gasteiger partial charge is 0.193 e. The highest BCUT2D eigenvalue weighted by molar-refractivity contribution is 5.85. The Labute approximate surface area is 155 Å². The summed E-state index contributed by atoms with van der Waals surface area (Å²) in [6, 6.07) is 16.9. The van der Waals surface area contributed by atoms with Crippen LogP contribution in [0.3, 0.4) is 0 Å². The molecule has 7 heteroatoms. The van der Waals surface area contributed by atoms with E-state index in [1.807, 2.05) is 42.6 Å². The maximum atomic E-state index is 12.2. The molecule has 0 fully saturated rings. The lowest BCUT2D eigenvalue weighted by Gasteiger charge is -2.02. The van der Waals surface area contributed by atoms with Crippen LogP contribution < -0.4 is 11.2 Å². The van der Waals surface area contributed by atoms with Crippen molar-refractivity contribution >= 4 is 23.4 Å². The molecule has 6 nitrogen and oxygen atoms in total. The van der Waals surface area contributed by atoms with Crippen molar-refractivity contribution in [2.24, 2.45) is 5.73 Å². The first-order valence-corrected chi connectivity index (χ1v) is 7.94. The summed E-state index contributed by atoms with van der Waals surface area (Å²) >= 11 is 0. The summed E-state index contributed by atoms with van der Waals surface area (Å²) in [7, 11) is 0. The van der Waals surface area contributed by atoms with E-state index in [-0.39, 0.29) is 24.4 Å². The molecule has 0 saturated carbocycles. The topological polar surface area (TPSA) is 86.9 Å². The second-order valence-electron chi connectivity index (χ2n) is 5.78. The van der Waals surface area contributed by atoms with Crippen LogP contribution in [0.25, 0.3) is 22.2 Å². The van der Waals surface area contributed by atoms with Crippen LogP contribution in [0.2, 0.25) is 0 Å². The van der Waals surface area contributed by atoms with Gasteiger partial charge in [0.25, 0.3) is 0 Å². The molecular weight excluding hydrogens is 352 g/mol. The number of nitrogens with zero attached hydrogens (tertiary/aromatic N) is 3. The summed E-state index contributed by atoms with van der Waals surface area (Å²) in [6.07, 6.45) is 1.87. The average molecular weight is 369 g/mol. The third kappa shape index (κ3) is 3.51. The Bertz CT molecular complexity index is 1090. The van der Waals surface area contributed by atoms with Gasteiger partial charge < -0.3 is 10.2 Å². The minimum atomic E-state index is -0.111. The Kier molecular flexibility index (Phi) is 5.16. The fourth-order valence-corrected chi connectivity index (χ4v) is 2.74. The predicted octanol–water partition coefficient (Wildman–Crippen LogP) is 2.98. The second-order valence-corrected chi connectivity index (χ2v) is 5.78. The first kappa shape index (κ1) is 17.8. The largest absolute Gasteiger partial charge is 0.459 e. The van der Waals surface area contributed by atoms with Crippen molar-refractivity contribution < 1.29 is 4.42 Å². The van der Waals surface area contributed by atoms with Crippen molar-refractivity contribution in [1.82, 2.24) is 15.0 Å². The Morgan fingerprint density at radius 2 is 1.88 bits per heavy atom. The summed E-state index contributed by atoms with van der Waals surface area (Å²) in [5.74, 6) is 0.471. The lowest BCUT2D eigenvalue weighted by Crippen LogP contribution is -2.05. The molecule has 2 heterocycles. The molecule has 0 saturated heterocycles. The zero-order valence-corrected chi connectivity index (χ0v) is 14.6. The van der Waals surface area contributed by atoms with E-state index >= 15 is 0 Å². The van der Waals surface area contributed by atoms with Crippen molar-refractivity contribution in [3.63, 3.8) is 0 Å². The molecule has 132 valence electrons. The van der Waals surface area contributed by atoms with E-state index in [1.165, 1.54) is 6.07 Å². The Hall–Kier alpha value is -2.96. The van der Waals surface area contributed by atoms with Crippen LogP contribution in [0, 0.1) is 0 Å². The van der Waals surface area contributed by atoms with Gasteiger partial charge >= 0.3 is 0 Å². The fourth-order valence-electron chi connectivity index (χ4n) is 2.74. The molecule has 0 aliphatic carbocycles. The molecule has 2 N–H and O–H groups in total. The quantitative estimate of drug-likeness (QED) is 0.598. The number of halogens is 1. The van der Waals surface area contributed by atoms with Gasteiger partial charge in [-0.2, -0.15) is 0 Å². The van der Waals surface area contributed by atoms with Gasteiger partial charge in [-0.3, -0.25) is 4.79 Å². The molecule has 4 aromatic rings. The Morgan fingerprint density at radius 3 is 2.65 bits per heavy atom. The lowest BCUT2D eigenvalue weighted by molar-refractivity contribution is 0.539. The number of rotatable bonds is 4. The van der Waals surface area contributed by atoms with Gasteiger partial charge in [-0.05, 0) is 23.8 Å². The number of fused-ring (bicyclic) bond motifs is 1. The first-order chi connectivity index (χ1) is 12.2.